The molecule has 18 heterocycles. The second kappa shape index (κ2) is 40.8. The van der Waals surface area contributed by atoms with Crippen LogP contribution in [0.3, 0.4) is 0 Å². The SMILES string of the molecule is COc1cc2c(Oc3ccc4[nH]c(C)cc4c3)ccnc2cc1OCCCN1CCC2(COC2)C1.COc1cc2c(Oc3ccc4[nH]c(C)cc4c3)ncnc2cc1OCCCN1CCC2(COC2)C1.COc1cc2c(Oc3cnc4[nH]c(C)cc4c3)ccnc2cc1OCCCN1CCC2(COC2)C1.COc1cc2c(Oc3cnc4[nH]c(C)cc4c3)ncnc2cc1OCCCN1CCC2(COC2)C1. The van der Waals surface area contributed by atoms with E-state index in [1.165, 1.54) is 38.3 Å². The molecule has 24 rings (SSSR count). The van der Waals surface area contributed by atoms with E-state index >= 15 is 0 Å². The van der Waals surface area contributed by atoms with Crippen LogP contribution < -0.4 is 56.8 Å². The number of nitrogens with zero attached hydrogens (tertiary/aromatic N) is 12. The maximum absolute atomic E-state index is 6.27. The summed E-state index contributed by atoms with van der Waals surface area (Å²) in [5, 5.41) is 7.46. The Bertz CT molecular complexity index is 6290. The molecule has 0 saturated carbocycles. The molecule has 4 N–H and O–H groups in total. The van der Waals surface area contributed by atoms with Crippen LogP contribution in [0.5, 0.6) is 92.3 Å². The molecule has 6 aromatic carbocycles. The van der Waals surface area contributed by atoms with Crippen LogP contribution >= 0.6 is 0 Å². The minimum Gasteiger partial charge on any atom is -0.493 e. The topological polar surface area (TPSA) is 327 Å². The minimum atomic E-state index is 0.421. The maximum Gasteiger partial charge on any atom is 0.230 e. The first-order valence-corrected chi connectivity index (χ1v) is 48.5. The summed E-state index contributed by atoms with van der Waals surface area (Å²) in [7, 11) is 6.60. The largest absolute Gasteiger partial charge is 0.493 e. The summed E-state index contributed by atoms with van der Waals surface area (Å²) in [5.74, 6) is 10.5. The van der Waals surface area contributed by atoms with Gasteiger partial charge in [-0.15, -0.1) is 0 Å². The van der Waals surface area contributed by atoms with Gasteiger partial charge in [0, 0.05) is 177 Å². The fourth-order valence-electron chi connectivity index (χ4n) is 20.5. The number of pyridine rings is 4. The van der Waals surface area contributed by atoms with Gasteiger partial charge in [0.2, 0.25) is 11.8 Å². The van der Waals surface area contributed by atoms with Crippen molar-refractivity contribution in [3.63, 3.8) is 0 Å². The molecule has 8 saturated heterocycles. The van der Waals surface area contributed by atoms with Gasteiger partial charge in [0.25, 0.3) is 0 Å². The Morgan fingerprint density at radius 3 is 0.964 bits per heavy atom. The smallest absolute Gasteiger partial charge is 0.230 e. The summed E-state index contributed by atoms with van der Waals surface area (Å²) < 4.78 is 93.5. The highest BCUT2D eigenvalue weighted by Gasteiger charge is 2.47. The molecular weight excluding hydrogens is 1780 g/mol. The minimum absolute atomic E-state index is 0.421. The molecule has 0 atom stereocenters. The van der Waals surface area contributed by atoms with E-state index in [1.54, 1.807) is 53.2 Å². The lowest BCUT2D eigenvalue weighted by Gasteiger charge is -2.37. The quantitative estimate of drug-likeness (QED) is 0.0285. The Kier molecular flexibility index (Phi) is 27.1. The lowest BCUT2D eigenvalue weighted by Crippen LogP contribution is -2.44. The predicted octanol–water partition coefficient (Wildman–Crippen LogP) is 18.8. The predicted molar refractivity (Wildman–Crippen MR) is 534 cm³/mol. The van der Waals surface area contributed by atoms with Crippen LogP contribution in [0, 0.1) is 49.4 Å². The number of hydrogen-bond acceptors (Lipinski definition) is 28. The number of aromatic amines is 4. The van der Waals surface area contributed by atoms with Crippen LogP contribution in [0.1, 0.15) is 74.1 Å². The number of hydrogen-bond donors (Lipinski definition) is 4. The van der Waals surface area contributed by atoms with Crippen LogP contribution in [0.4, 0.5) is 0 Å². The van der Waals surface area contributed by atoms with E-state index in [1.807, 2.05) is 136 Å². The van der Waals surface area contributed by atoms with Crippen LogP contribution in [0.2, 0.25) is 0 Å². The van der Waals surface area contributed by atoms with Crippen LogP contribution in [-0.4, -0.2) is 266 Å². The van der Waals surface area contributed by atoms with Crippen LogP contribution in [0.15, 0.2) is 171 Å². The molecule has 32 heteroatoms. The fraction of sp³-hybridized carbons (Fsp3) is 0.407. The van der Waals surface area contributed by atoms with Crippen molar-refractivity contribution < 1.29 is 75.8 Å². The van der Waals surface area contributed by atoms with Crippen LogP contribution in [0.25, 0.3) is 87.5 Å². The molecule has 8 fully saturated rings. The van der Waals surface area contributed by atoms with Gasteiger partial charge >= 0.3 is 0 Å². The van der Waals surface area contributed by atoms with Crippen molar-refractivity contribution >= 4 is 87.5 Å². The fourth-order valence-corrected chi connectivity index (χ4v) is 20.5. The summed E-state index contributed by atoms with van der Waals surface area (Å²) in [6.07, 6.45) is 18.7. The second-order valence-corrected chi connectivity index (χ2v) is 38.9. The Hall–Kier alpha value is -13.4. The number of aryl methyl sites for hydroxylation is 4. The molecule has 10 aromatic heterocycles. The first-order valence-electron chi connectivity index (χ1n) is 48.5. The van der Waals surface area contributed by atoms with E-state index in [0.717, 1.165) is 279 Å². The highest BCUT2D eigenvalue weighted by molar-refractivity contribution is 5.92. The number of aromatic nitrogens is 12. The van der Waals surface area contributed by atoms with Gasteiger partial charge in [-0.05, 0) is 214 Å². The molecule has 0 unspecified atom stereocenters. The van der Waals surface area contributed by atoms with Gasteiger partial charge in [0.05, 0.1) is 153 Å². The van der Waals surface area contributed by atoms with Crippen molar-refractivity contribution in [3.05, 3.63) is 194 Å². The third kappa shape index (κ3) is 20.8. The maximum atomic E-state index is 6.27. The van der Waals surface area contributed by atoms with Gasteiger partial charge in [0.15, 0.2) is 46.0 Å². The van der Waals surface area contributed by atoms with Crippen molar-refractivity contribution in [2.45, 2.75) is 79.1 Å². The molecule has 0 radical (unpaired) electrons. The van der Waals surface area contributed by atoms with Gasteiger partial charge < -0.3 is 115 Å². The van der Waals surface area contributed by atoms with Gasteiger partial charge in [-0.3, -0.25) is 9.97 Å². The molecule has 32 nitrogen and oxygen atoms in total. The molecule has 0 aliphatic carbocycles. The lowest BCUT2D eigenvalue weighted by atomic mass is 9.85. The van der Waals surface area contributed by atoms with Crippen molar-refractivity contribution in [1.82, 2.24) is 79.4 Å². The van der Waals surface area contributed by atoms with Gasteiger partial charge in [-0.2, -0.15) is 0 Å². The monoisotopic (exact) mass is 1900 g/mol. The molecule has 140 heavy (non-hydrogen) atoms. The standard InChI is InChI=1S/C28H31N3O4.2C27H30N4O4.C26H29N5O4/c1-19-12-20-13-21(4-5-23(20)30-19)35-25-6-8-29-24-15-27(26(32-2)14-22(24)25)34-11-3-9-31-10-7-28(16-31)17-33-18-28;1-18-10-19-11-20(14-29-26(19)30-18)35-23-4-6-28-22-13-25(24(32-2)12-21(22)23)34-9-3-7-31-8-5-27(15-31)16-33-17-27;1-18-10-19-11-20(4-5-22(19)30-18)35-26-21-12-24(32-2)25(13-23(21)28-17-29-26)34-9-3-7-31-8-6-27(14-31)15-33-16-27;1-17-8-18-9-19(12-27-24(18)30-17)35-25-20-10-22(32-2)23(11-21(20)28-16-29-25)34-7-3-5-31-6-4-26(13-31)14-33-15-26/h4-6,8,12-15,30H,3,7,9-11,16-18H2,1-2H3;4,6,10-14H,3,5,7-9,15-17H2,1-2H3,(H,29,30);4-5,10-13,17,30H,3,6-9,14-16H2,1-2H3;8-12,16H,3-7,13-15H2,1-2H3,(H,27,30). The molecule has 16 aromatic rings. The third-order valence-electron chi connectivity index (χ3n) is 28.1. The summed E-state index contributed by atoms with van der Waals surface area (Å²) in [5.41, 5.74) is 13.0. The molecule has 8 aliphatic rings. The van der Waals surface area contributed by atoms with Crippen molar-refractivity contribution in [2.75, 3.05) is 186 Å². The summed E-state index contributed by atoms with van der Waals surface area (Å²) in [6, 6.07) is 43.2. The van der Waals surface area contributed by atoms with Crippen molar-refractivity contribution in [3.8, 4) is 92.3 Å². The van der Waals surface area contributed by atoms with E-state index in [0.29, 0.717) is 129 Å². The van der Waals surface area contributed by atoms with E-state index in [4.69, 9.17) is 75.8 Å². The summed E-state index contributed by atoms with van der Waals surface area (Å²) in [4.78, 5) is 58.8. The van der Waals surface area contributed by atoms with E-state index in [9.17, 15) is 0 Å². The van der Waals surface area contributed by atoms with E-state index < -0.39 is 0 Å². The average Bonchev–Trinajstić information content (AvgIpc) is 1.17. The number of ether oxygens (including phenoxy) is 16. The average molecular weight is 1900 g/mol. The Morgan fingerprint density at radius 2 is 0.614 bits per heavy atom. The number of methoxy groups -OCH3 is 4. The van der Waals surface area contributed by atoms with Crippen LogP contribution in [-0.2, 0) is 18.9 Å². The van der Waals surface area contributed by atoms with Gasteiger partial charge in [0.1, 0.15) is 58.4 Å². The molecule has 728 valence electrons. The number of benzene rings is 6. The number of fused-ring (bicyclic) bond motifs is 8. The van der Waals surface area contributed by atoms with Crippen molar-refractivity contribution in [2.24, 2.45) is 21.7 Å². The highest BCUT2D eigenvalue weighted by atomic mass is 16.5. The zero-order valence-electron chi connectivity index (χ0n) is 80.7. The third-order valence-corrected chi connectivity index (χ3v) is 28.1. The molecule has 8 aliphatic heterocycles. The zero-order valence-corrected chi connectivity index (χ0v) is 80.7. The molecular formula is C108H120N16O16. The normalized spacial score (nSPS) is 17.2. The number of rotatable bonds is 32. The van der Waals surface area contributed by atoms with E-state index in [2.05, 4.69) is 105 Å². The Morgan fingerprint density at radius 1 is 0.300 bits per heavy atom. The first kappa shape index (κ1) is 92.9. The number of likely N-dealkylation sites (tertiary alicyclic amines) is 4. The van der Waals surface area contributed by atoms with Gasteiger partial charge in [-0.1, -0.05) is 0 Å². The van der Waals surface area contributed by atoms with E-state index in [-0.39, 0.29) is 0 Å². The Labute approximate surface area is 811 Å². The Balaban J connectivity index is 0.000000111. The summed E-state index contributed by atoms with van der Waals surface area (Å²) in [6.45, 7) is 31.3. The number of nitrogens with one attached hydrogen (secondary N) is 4. The lowest BCUT2D eigenvalue weighted by molar-refractivity contribution is -0.105. The number of H-pyrrole nitrogens is 4. The summed E-state index contributed by atoms with van der Waals surface area (Å²) >= 11 is 0. The molecule has 0 amide bonds. The molecule has 4 spiro atoms. The second-order valence-electron chi connectivity index (χ2n) is 38.9. The zero-order chi connectivity index (χ0) is 95.3. The first-order chi connectivity index (χ1) is 68.4. The highest BCUT2D eigenvalue weighted by Crippen LogP contribution is 2.47. The van der Waals surface area contributed by atoms with Crippen molar-refractivity contribution in [1.29, 1.82) is 0 Å². The molecule has 0 bridgehead atoms. The van der Waals surface area contributed by atoms with Gasteiger partial charge in [-0.25, -0.2) is 29.9 Å².